The molecule has 5 aromatic rings. The minimum atomic E-state index is -3.19. The summed E-state index contributed by atoms with van der Waals surface area (Å²) in [6.45, 7) is 6.49. The summed E-state index contributed by atoms with van der Waals surface area (Å²) in [6.07, 6.45) is -2.38. The van der Waals surface area contributed by atoms with Gasteiger partial charge in [-0.05, 0) is 51.8 Å². The monoisotopic (exact) mass is 688 g/mol. The third-order valence-corrected chi connectivity index (χ3v) is 14.8. The highest BCUT2D eigenvalue weighted by atomic mass is 32.2. The number of carbonyl (C=O) groups excluding carboxylic acids is 2. The van der Waals surface area contributed by atoms with Crippen LogP contribution in [0.1, 0.15) is 41.5 Å². The molecule has 1 heterocycles. The number of thioether (sulfide) groups is 1. The van der Waals surface area contributed by atoms with E-state index in [0.29, 0.717) is 11.1 Å². The second-order valence-corrected chi connectivity index (χ2v) is 18.3. The third kappa shape index (κ3) is 7.73. The van der Waals surface area contributed by atoms with Gasteiger partial charge in [-0.25, -0.2) is 9.59 Å². The van der Waals surface area contributed by atoms with E-state index in [1.165, 1.54) is 11.8 Å². The molecule has 1 aliphatic heterocycles. The molecule has 1 fully saturated rings. The topological polar surface area (TPSA) is 71.1 Å². The Bertz CT molecular complexity index is 1760. The van der Waals surface area contributed by atoms with E-state index in [0.717, 1.165) is 15.3 Å². The maximum Gasteiger partial charge on any atom is 0.338 e. The predicted molar refractivity (Wildman–Crippen MR) is 196 cm³/mol. The van der Waals surface area contributed by atoms with E-state index >= 15 is 0 Å². The van der Waals surface area contributed by atoms with Gasteiger partial charge < -0.3 is 18.6 Å². The molecule has 6 rings (SSSR count). The molecule has 0 spiro atoms. The van der Waals surface area contributed by atoms with Crippen LogP contribution < -0.4 is 10.4 Å². The van der Waals surface area contributed by atoms with Crippen molar-refractivity contribution in [3.63, 3.8) is 0 Å². The minimum absolute atomic E-state index is 0.0954. The molecule has 0 aliphatic carbocycles. The van der Waals surface area contributed by atoms with E-state index in [4.69, 9.17) is 18.6 Å². The lowest BCUT2D eigenvalue weighted by Gasteiger charge is -2.45. The van der Waals surface area contributed by atoms with Crippen molar-refractivity contribution in [2.75, 3.05) is 6.61 Å². The zero-order valence-electron chi connectivity index (χ0n) is 27.8. The molecule has 1 aliphatic rings. The van der Waals surface area contributed by atoms with Crippen molar-refractivity contribution in [3.05, 3.63) is 163 Å². The van der Waals surface area contributed by atoms with Gasteiger partial charge in [-0.15, -0.1) is 0 Å². The number of esters is 2. The quantitative estimate of drug-likeness (QED) is 0.105. The molecule has 0 aromatic heterocycles. The van der Waals surface area contributed by atoms with Crippen LogP contribution in [0.4, 0.5) is 0 Å². The average molecular weight is 689 g/mol. The van der Waals surface area contributed by atoms with Gasteiger partial charge in [-0.3, -0.25) is 0 Å². The zero-order valence-corrected chi connectivity index (χ0v) is 29.6. The summed E-state index contributed by atoms with van der Waals surface area (Å²) in [4.78, 5) is 27.9. The standard InChI is InChI=1S/C41H40O6SSi/c1-41(2,3)49(33-25-15-7-16-26-33,34-27-17-8-18-28-34)47-36-35(29-44-38(42)30-19-9-4-10-20-30)45-40(48-32-23-13-6-14-24-32)37(36)46-39(43)31-21-11-5-12-22-31/h4-28,35-37,40H,29H2,1-3H3/t35-,36-,37+,40-/m0/s1. The summed E-state index contributed by atoms with van der Waals surface area (Å²) in [7, 11) is -3.19. The first-order valence-electron chi connectivity index (χ1n) is 16.4. The van der Waals surface area contributed by atoms with Gasteiger partial charge in [-0.1, -0.05) is 148 Å². The van der Waals surface area contributed by atoms with Crippen molar-refractivity contribution >= 4 is 42.4 Å². The van der Waals surface area contributed by atoms with Gasteiger partial charge >= 0.3 is 11.9 Å². The lowest BCUT2D eigenvalue weighted by atomic mass is 10.1. The second kappa shape index (κ2) is 15.4. The highest BCUT2D eigenvalue weighted by molar-refractivity contribution is 7.99. The van der Waals surface area contributed by atoms with Gasteiger partial charge in [0, 0.05) is 4.90 Å². The maximum atomic E-state index is 13.8. The Morgan fingerprint density at radius 1 is 0.633 bits per heavy atom. The maximum absolute atomic E-state index is 13.8. The molecule has 8 heteroatoms. The van der Waals surface area contributed by atoms with E-state index in [1.807, 2.05) is 78.9 Å². The smallest absolute Gasteiger partial charge is 0.338 e. The molecule has 49 heavy (non-hydrogen) atoms. The Labute approximate surface area is 293 Å². The first-order chi connectivity index (χ1) is 23.8. The van der Waals surface area contributed by atoms with E-state index in [9.17, 15) is 9.59 Å². The van der Waals surface area contributed by atoms with Crippen LogP contribution in [0.25, 0.3) is 0 Å². The fourth-order valence-corrected chi connectivity index (χ4v) is 12.1. The van der Waals surface area contributed by atoms with Crippen molar-refractivity contribution in [2.45, 2.75) is 54.5 Å². The van der Waals surface area contributed by atoms with Crippen molar-refractivity contribution in [1.29, 1.82) is 0 Å². The molecule has 6 nitrogen and oxygen atoms in total. The Kier molecular flexibility index (Phi) is 10.8. The van der Waals surface area contributed by atoms with Crippen LogP contribution in [0, 0.1) is 0 Å². The van der Waals surface area contributed by atoms with Crippen LogP contribution in [0.15, 0.2) is 157 Å². The minimum Gasteiger partial charge on any atom is -0.459 e. The molecule has 1 saturated heterocycles. The molecule has 5 aromatic carbocycles. The summed E-state index contributed by atoms with van der Waals surface area (Å²) >= 11 is 1.46. The van der Waals surface area contributed by atoms with E-state index in [-0.39, 0.29) is 11.6 Å². The Morgan fingerprint density at radius 2 is 1.08 bits per heavy atom. The fourth-order valence-electron chi connectivity index (χ4n) is 6.30. The lowest BCUT2D eigenvalue weighted by Crippen LogP contribution is -2.69. The molecule has 250 valence electrons. The highest BCUT2D eigenvalue weighted by Crippen LogP contribution is 2.43. The Balaban J connectivity index is 1.46. The first kappa shape index (κ1) is 34.4. The summed E-state index contributed by atoms with van der Waals surface area (Å²) in [5, 5.41) is 1.77. The summed E-state index contributed by atoms with van der Waals surface area (Å²) in [5.74, 6) is -0.948. The summed E-state index contributed by atoms with van der Waals surface area (Å²) < 4.78 is 26.7. The second-order valence-electron chi connectivity index (χ2n) is 12.9. The van der Waals surface area contributed by atoms with Gasteiger partial charge in [-0.2, -0.15) is 0 Å². The molecule has 0 unspecified atom stereocenters. The third-order valence-electron chi connectivity index (χ3n) is 8.63. The van der Waals surface area contributed by atoms with Crippen LogP contribution in [-0.4, -0.2) is 50.6 Å². The van der Waals surface area contributed by atoms with Crippen LogP contribution in [0.5, 0.6) is 0 Å². The predicted octanol–water partition coefficient (Wildman–Crippen LogP) is 7.53. The van der Waals surface area contributed by atoms with Crippen LogP contribution in [0.2, 0.25) is 5.04 Å². The highest BCUT2D eigenvalue weighted by Gasteiger charge is 2.57. The van der Waals surface area contributed by atoms with Crippen molar-refractivity contribution in [1.82, 2.24) is 0 Å². The molecule has 0 N–H and O–H groups in total. The van der Waals surface area contributed by atoms with Crippen LogP contribution in [-0.2, 0) is 18.6 Å². The first-order valence-corrected chi connectivity index (χ1v) is 19.2. The molecule has 0 saturated carbocycles. The number of benzene rings is 5. The number of ether oxygens (including phenoxy) is 3. The van der Waals surface area contributed by atoms with Gasteiger partial charge in [0.1, 0.15) is 24.3 Å². The summed E-state index contributed by atoms with van der Waals surface area (Å²) in [6, 6.07) is 48.2. The van der Waals surface area contributed by atoms with Crippen molar-refractivity contribution in [2.24, 2.45) is 0 Å². The van der Waals surface area contributed by atoms with Crippen molar-refractivity contribution in [3.8, 4) is 0 Å². The molecular formula is C41H40O6SSi. The largest absolute Gasteiger partial charge is 0.459 e. The van der Waals surface area contributed by atoms with Crippen LogP contribution in [0.3, 0.4) is 0 Å². The lowest BCUT2D eigenvalue weighted by molar-refractivity contribution is -0.0206. The van der Waals surface area contributed by atoms with Crippen LogP contribution >= 0.6 is 11.8 Å². The van der Waals surface area contributed by atoms with Gasteiger partial charge in [0.25, 0.3) is 8.32 Å². The Morgan fingerprint density at radius 3 is 1.57 bits per heavy atom. The Hall–Kier alpha value is -4.47. The average Bonchev–Trinajstić information content (AvgIpc) is 3.45. The number of hydrogen-bond donors (Lipinski definition) is 0. The number of rotatable bonds is 11. The fraction of sp³-hybridized carbons (Fsp3) is 0.220. The van der Waals surface area contributed by atoms with E-state index < -0.39 is 44.0 Å². The molecule has 0 amide bonds. The normalized spacial score (nSPS) is 19.2. The zero-order chi connectivity index (χ0) is 34.3. The number of carbonyl (C=O) groups is 2. The molecule has 4 atom stereocenters. The SMILES string of the molecule is CC(C)(C)[Si](O[C@@H]1[C@@H](OC(=O)c2ccccc2)[C@H](Sc2ccccc2)O[C@H]1COC(=O)c1ccccc1)(c1ccccc1)c1ccccc1. The summed E-state index contributed by atoms with van der Waals surface area (Å²) in [5.41, 5.74) is 0.208. The van der Waals surface area contributed by atoms with Gasteiger partial charge in [0.05, 0.1) is 11.1 Å². The van der Waals surface area contributed by atoms with E-state index in [2.05, 4.69) is 45.0 Å². The van der Waals surface area contributed by atoms with Gasteiger partial charge in [0.15, 0.2) is 6.10 Å². The molecule has 0 bridgehead atoms. The molecular weight excluding hydrogens is 649 g/mol. The van der Waals surface area contributed by atoms with Crippen molar-refractivity contribution < 1.29 is 28.2 Å². The number of hydrogen-bond acceptors (Lipinski definition) is 7. The van der Waals surface area contributed by atoms with E-state index in [1.54, 1.807) is 48.5 Å². The molecule has 0 radical (unpaired) electrons. The van der Waals surface area contributed by atoms with Gasteiger partial charge in [0.2, 0.25) is 0 Å².